The van der Waals surface area contributed by atoms with Gasteiger partial charge in [0.15, 0.2) is 0 Å². The van der Waals surface area contributed by atoms with Crippen molar-refractivity contribution in [3.63, 3.8) is 0 Å². The third-order valence-electron chi connectivity index (χ3n) is 3.36. The molecule has 0 aromatic heterocycles. The van der Waals surface area contributed by atoms with E-state index >= 15 is 0 Å². The van der Waals surface area contributed by atoms with Gasteiger partial charge in [-0.15, -0.1) is 0 Å². The maximum atomic E-state index is 5.99. The quantitative estimate of drug-likeness (QED) is 0.664. The summed E-state index contributed by atoms with van der Waals surface area (Å²) in [6.07, 6.45) is 4.39. The summed E-state index contributed by atoms with van der Waals surface area (Å²) < 4.78 is 5.99. The Balaban J connectivity index is 2.31. The van der Waals surface area contributed by atoms with Gasteiger partial charge >= 0.3 is 0 Å². The fourth-order valence-electron chi connectivity index (χ4n) is 2.25. The second-order valence-corrected chi connectivity index (χ2v) is 7.37. The van der Waals surface area contributed by atoms with Crippen LogP contribution in [0, 0.1) is 16.7 Å². The summed E-state index contributed by atoms with van der Waals surface area (Å²) >= 11 is 0. The first-order chi connectivity index (χ1) is 6.68. The molecule has 90 valence electrons. The summed E-state index contributed by atoms with van der Waals surface area (Å²) in [5.41, 5.74) is 0.764. The lowest BCUT2D eigenvalue weighted by molar-refractivity contribution is 0.00774. The fourth-order valence-corrected chi connectivity index (χ4v) is 2.25. The smallest absolute Gasteiger partial charge is 0.0578 e. The minimum atomic E-state index is 0.305. The molecular formula is C14H28O. The minimum Gasteiger partial charge on any atom is -0.378 e. The second-order valence-electron chi connectivity index (χ2n) is 7.37. The summed E-state index contributed by atoms with van der Waals surface area (Å²) in [4.78, 5) is 0. The molecule has 0 spiro atoms. The van der Waals surface area contributed by atoms with Gasteiger partial charge < -0.3 is 4.74 Å². The van der Waals surface area contributed by atoms with E-state index in [0.29, 0.717) is 16.9 Å². The van der Waals surface area contributed by atoms with Crippen LogP contribution in [0.15, 0.2) is 0 Å². The Morgan fingerprint density at radius 1 is 1.00 bits per heavy atom. The molecule has 0 aromatic rings. The van der Waals surface area contributed by atoms with Crippen LogP contribution in [0.5, 0.6) is 0 Å². The average Bonchev–Trinajstić information content (AvgIpc) is 2.45. The molecule has 1 aliphatic carbocycles. The topological polar surface area (TPSA) is 9.23 Å². The van der Waals surface area contributed by atoms with Gasteiger partial charge in [0.2, 0.25) is 0 Å². The number of hydrogen-bond donors (Lipinski definition) is 0. The van der Waals surface area contributed by atoms with Gasteiger partial charge in [-0.25, -0.2) is 0 Å². The molecule has 0 amide bonds. The van der Waals surface area contributed by atoms with Crippen LogP contribution in [0.3, 0.4) is 0 Å². The van der Waals surface area contributed by atoms with Crippen molar-refractivity contribution in [1.29, 1.82) is 0 Å². The van der Waals surface area contributed by atoms with Crippen molar-refractivity contribution in [2.24, 2.45) is 16.7 Å². The van der Waals surface area contributed by atoms with Crippen LogP contribution in [-0.2, 0) is 4.74 Å². The standard InChI is InChI=1S/C14H28O/c1-13(2,3)10-15-12-8-7-11(9-12)14(4,5)6/h11-12H,7-10H2,1-6H3. The molecular weight excluding hydrogens is 184 g/mol. The normalized spacial score (nSPS) is 28.4. The van der Waals surface area contributed by atoms with E-state index in [-0.39, 0.29) is 0 Å². The lowest BCUT2D eigenvalue weighted by Gasteiger charge is -2.27. The highest BCUT2D eigenvalue weighted by Gasteiger charge is 2.33. The van der Waals surface area contributed by atoms with E-state index in [4.69, 9.17) is 4.74 Å². The van der Waals surface area contributed by atoms with Crippen LogP contribution in [0.1, 0.15) is 60.8 Å². The van der Waals surface area contributed by atoms with Crippen LogP contribution >= 0.6 is 0 Å². The van der Waals surface area contributed by atoms with E-state index in [1.807, 2.05) is 0 Å². The summed E-state index contributed by atoms with van der Waals surface area (Å²) in [6.45, 7) is 14.7. The second kappa shape index (κ2) is 4.45. The van der Waals surface area contributed by atoms with Gasteiger partial charge in [-0.2, -0.15) is 0 Å². The molecule has 15 heavy (non-hydrogen) atoms. The van der Waals surface area contributed by atoms with Crippen molar-refractivity contribution in [1.82, 2.24) is 0 Å². The molecule has 1 aliphatic rings. The summed E-state index contributed by atoms with van der Waals surface area (Å²) in [7, 11) is 0. The zero-order valence-electron chi connectivity index (χ0n) is 11.4. The molecule has 1 nitrogen and oxygen atoms in total. The summed E-state index contributed by atoms with van der Waals surface area (Å²) in [5, 5.41) is 0. The lowest BCUT2D eigenvalue weighted by Crippen LogP contribution is -2.22. The Bertz CT molecular complexity index is 194. The first kappa shape index (κ1) is 13.0. The number of ether oxygens (including phenoxy) is 1. The highest BCUT2D eigenvalue weighted by atomic mass is 16.5. The van der Waals surface area contributed by atoms with Gasteiger partial charge in [0.1, 0.15) is 0 Å². The zero-order chi connectivity index (χ0) is 11.7. The molecule has 0 aliphatic heterocycles. The zero-order valence-corrected chi connectivity index (χ0v) is 11.4. The molecule has 0 aromatic carbocycles. The van der Waals surface area contributed by atoms with E-state index in [0.717, 1.165) is 12.5 Å². The van der Waals surface area contributed by atoms with Crippen LogP contribution in [-0.4, -0.2) is 12.7 Å². The first-order valence-electron chi connectivity index (χ1n) is 6.30. The Labute approximate surface area is 95.6 Å². The van der Waals surface area contributed by atoms with E-state index in [1.165, 1.54) is 19.3 Å². The molecule has 2 atom stereocenters. The van der Waals surface area contributed by atoms with Gasteiger partial charge in [-0.05, 0) is 36.0 Å². The molecule has 2 unspecified atom stereocenters. The third-order valence-corrected chi connectivity index (χ3v) is 3.36. The molecule has 0 N–H and O–H groups in total. The highest BCUT2D eigenvalue weighted by Crippen LogP contribution is 2.40. The Kier molecular flexibility index (Phi) is 3.86. The van der Waals surface area contributed by atoms with Crippen molar-refractivity contribution in [3.05, 3.63) is 0 Å². The monoisotopic (exact) mass is 212 g/mol. The van der Waals surface area contributed by atoms with Gasteiger partial charge in [0.25, 0.3) is 0 Å². The average molecular weight is 212 g/mol. The lowest BCUT2D eigenvalue weighted by atomic mass is 9.80. The van der Waals surface area contributed by atoms with Crippen LogP contribution in [0.4, 0.5) is 0 Å². The van der Waals surface area contributed by atoms with Crippen molar-refractivity contribution >= 4 is 0 Å². The van der Waals surface area contributed by atoms with Crippen molar-refractivity contribution in [3.8, 4) is 0 Å². The van der Waals surface area contributed by atoms with E-state index in [9.17, 15) is 0 Å². The Morgan fingerprint density at radius 2 is 1.60 bits per heavy atom. The summed E-state index contributed by atoms with van der Waals surface area (Å²) in [5.74, 6) is 0.850. The molecule has 0 radical (unpaired) electrons. The Hall–Kier alpha value is -0.0400. The van der Waals surface area contributed by atoms with Gasteiger partial charge in [-0.3, -0.25) is 0 Å². The van der Waals surface area contributed by atoms with Crippen molar-refractivity contribution in [2.45, 2.75) is 66.9 Å². The molecule has 0 heterocycles. The minimum absolute atomic E-state index is 0.305. The third kappa shape index (κ3) is 4.55. The maximum absolute atomic E-state index is 5.99. The predicted octanol–water partition coefficient (Wildman–Crippen LogP) is 4.26. The predicted molar refractivity (Wildman–Crippen MR) is 66.0 cm³/mol. The van der Waals surface area contributed by atoms with E-state index in [2.05, 4.69) is 41.5 Å². The fraction of sp³-hybridized carbons (Fsp3) is 1.00. The van der Waals surface area contributed by atoms with Crippen LogP contribution < -0.4 is 0 Å². The molecule has 1 rings (SSSR count). The van der Waals surface area contributed by atoms with Crippen molar-refractivity contribution in [2.75, 3.05) is 6.61 Å². The highest BCUT2D eigenvalue weighted by molar-refractivity contribution is 4.84. The molecule has 0 saturated heterocycles. The van der Waals surface area contributed by atoms with Crippen LogP contribution in [0.2, 0.25) is 0 Å². The Morgan fingerprint density at radius 3 is 2.00 bits per heavy atom. The first-order valence-corrected chi connectivity index (χ1v) is 6.30. The van der Waals surface area contributed by atoms with Gasteiger partial charge in [0.05, 0.1) is 12.7 Å². The largest absolute Gasteiger partial charge is 0.378 e. The molecule has 1 saturated carbocycles. The SMILES string of the molecule is CC(C)(C)COC1CCC(C(C)(C)C)C1. The van der Waals surface area contributed by atoms with E-state index in [1.54, 1.807) is 0 Å². The van der Waals surface area contributed by atoms with Crippen LogP contribution in [0.25, 0.3) is 0 Å². The summed E-state index contributed by atoms with van der Waals surface area (Å²) in [6, 6.07) is 0. The maximum Gasteiger partial charge on any atom is 0.0578 e. The van der Waals surface area contributed by atoms with E-state index < -0.39 is 0 Å². The molecule has 0 bridgehead atoms. The molecule has 1 fully saturated rings. The molecule has 1 heteroatoms. The van der Waals surface area contributed by atoms with Crippen molar-refractivity contribution < 1.29 is 4.74 Å². The van der Waals surface area contributed by atoms with Gasteiger partial charge in [-0.1, -0.05) is 41.5 Å². The number of rotatable bonds is 2. The van der Waals surface area contributed by atoms with Gasteiger partial charge in [0, 0.05) is 0 Å². The number of hydrogen-bond acceptors (Lipinski definition) is 1.